The third-order valence-electron chi connectivity index (χ3n) is 8.06. The fourth-order valence-corrected chi connectivity index (χ4v) is 6.53. The van der Waals surface area contributed by atoms with Gasteiger partial charge in [-0.1, -0.05) is 68.2 Å². The molecule has 3 aromatic heterocycles. The van der Waals surface area contributed by atoms with Crippen LogP contribution in [-0.4, -0.2) is 33.8 Å². The third kappa shape index (κ3) is 5.44. The van der Waals surface area contributed by atoms with E-state index in [4.69, 9.17) is 9.84 Å². The van der Waals surface area contributed by atoms with E-state index in [1.165, 1.54) is 12.0 Å². The Kier molecular flexibility index (Phi) is 7.49. The highest BCUT2D eigenvalue weighted by Gasteiger charge is 2.26. The molecule has 0 fully saturated rings. The minimum atomic E-state index is -1.26. The van der Waals surface area contributed by atoms with Gasteiger partial charge in [0, 0.05) is 43.1 Å². The maximum Gasteiger partial charge on any atom is 0.282 e. The van der Waals surface area contributed by atoms with Crippen LogP contribution in [0.25, 0.3) is 44.5 Å². The predicted molar refractivity (Wildman–Crippen MR) is 171 cm³/mol. The van der Waals surface area contributed by atoms with E-state index in [9.17, 15) is 4.79 Å². The van der Waals surface area contributed by atoms with Crippen LogP contribution < -0.4 is 5.56 Å². The molecule has 6 rings (SSSR count). The van der Waals surface area contributed by atoms with E-state index in [0.29, 0.717) is 18.9 Å². The minimum absolute atomic E-state index is 0.112. The van der Waals surface area contributed by atoms with Crippen LogP contribution in [0.1, 0.15) is 36.9 Å². The van der Waals surface area contributed by atoms with Crippen LogP contribution in [0.15, 0.2) is 77.7 Å². The van der Waals surface area contributed by atoms with Gasteiger partial charge in [0.1, 0.15) is 18.1 Å². The molecular weight excluding hydrogens is 524 g/mol. The van der Waals surface area contributed by atoms with Crippen molar-refractivity contribution in [2.75, 3.05) is 6.61 Å². The lowest BCUT2D eigenvalue weighted by atomic mass is 9.91. The lowest BCUT2D eigenvalue weighted by molar-refractivity contribution is 0.0877. The number of pyridine rings is 1. The van der Waals surface area contributed by atoms with Crippen LogP contribution >= 0.6 is 0 Å². The third-order valence-corrected chi connectivity index (χ3v) is 9.76. The summed E-state index contributed by atoms with van der Waals surface area (Å²) in [5.74, 6) is 0. The van der Waals surface area contributed by atoms with Crippen LogP contribution in [0.4, 0.5) is 0 Å². The number of aromatic nitrogens is 4. The van der Waals surface area contributed by atoms with Crippen molar-refractivity contribution in [1.82, 2.24) is 19.2 Å². The first kappa shape index (κ1) is 27.4. The fraction of sp³-hybridized carbons (Fsp3) is 0.324. The molecule has 0 saturated carbocycles. The Hall–Kier alpha value is -3.81. The number of hydrogen-bond acceptors (Lipinski definition) is 4. The zero-order valence-corrected chi connectivity index (χ0v) is 25.5. The molecule has 0 amide bonds. The van der Waals surface area contributed by atoms with Crippen molar-refractivity contribution in [2.24, 2.45) is 0 Å². The lowest BCUT2D eigenvalue weighted by Gasteiger charge is -2.21. The van der Waals surface area contributed by atoms with Crippen molar-refractivity contribution in [2.45, 2.75) is 65.0 Å². The first-order valence-electron chi connectivity index (χ1n) is 14.7. The van der Waals surface area contributed by atoms with Gasteiger partial charge in [-0.2, -0.15) is 9.61 Å². The van der Waals surface area contributed by atoms with Gasteiger partial charge in [0.05, 0.1) is 11.1 Å². The largest absolute Gasteiger partial charge is 0.361 e. The molecule has 1 aliphatic rings. The first-order chi connectivity index (χ1) is 19.8. The average molecular weight is 563 g/mol. The number of ether oxygens (including phenoxy) is 1. The molecule has 3 heterocycles. The van der Waals surface area contributed by atoms with Crippen molar-refractivity contribution in [1.29, 1.82) is 0 Å². The molecule has 0 N–H and O–H groups in total. The second-order valence-corrected chi connectivity index (χ2v) is 17.9. The number of hydrogen-bond donors (Lipinski definition) is 0. The summed E-state index contributed by atoms with van der Waals surface area (Å²) >= 11 is 0. The van der Waals surface area contributed by atoms with E-state index in [2.05, 4.69) is 53.5 Å². The number of nitrogens with zero attached hydrogens (tertiary/aromatic N) is 4. The van der Waals surface area contributed by atoms with Gasteiger partial charge in [0.15, 0.2) is 0 Å². The highest BCUT2D eigenvalue weighted by atomic mass is 28.3. The molecule has 5 aromatic rings. The molecule has 0 spiro atoms. The molecule has 0 atom stereocenters. The summed E-state index contributed by atoms with van der Waals surface area (Å²) in [4.78, 5) is 18.9. The Balaban J connectivity index is 1.62. The van der Waals surface area contributed by atoms with Crippen molar-refractivity contribution < 1.29 is 4.74 Å². The van der Waals surface area contributed by atoms with Crippen LogP contribution in [-0.2, 0) is 11.5 Å². The fourth-order valence-electron chi connectivity index (χ4n) is 5.77. The van der Waals surface area contributed by atoms with Gasteiger partial charge in [-0.25, -0.2) is 0 Å². The Morgan fingerprint density at radius 3 is 2.54 bits per heavy atom. The van der Waals surface area contributed by atoms with Crippen molar-refractivity contribution in [3.8, 4) is 22.4 Å². The van der Waals surface area contributed by atoms with E-state index < -0.39 is 8.07 Å². The molecule has 41 heavy (non-hydrogen) atoms. The predicted octanol–water partition coefficient (Wildman–Crippen LogP) is 7.96. The molecule has 0 bridgehead atoms. The van der Waals surface area contributed by atoms with Gasteiger partial charge < -0.3 is 9.30 Å². The first-order valence-corrected chi connectivity index (χ1v) is 18.4. The molecular formula is C34H38N4O2Si. The van der Waals surface area contributed by atoms with Gasteiger partial charge in [0.2, 0.25) is 0 Å². The highest BCUT2D eigenvalue weighted by Crippen LogP contribution is 2.37. The number of benzene rings is 2. The average Bonchev–Trinajstić information content (AvgIpc) is 3.38. The highest BCUT2D eigenvalue weighted by molar-refractivity contribution is 6.76. The normalized spacial score (nSPS) is 14.1. The Bertz CT molecular complexity index is 1810. The van der Waals surface area contributed by atoms with Gasteiger partial charge >= 0.3 is 0 Å². The lowest BCUT2D eigenvalue weighted by Crippen LogP contribution is -2.26. The summed E-state index contributed by atoms with van der Waals surface area (Å²) in [6.45, 7) is 10.2. The standard InChI is InChI=1S/C34H38N4O2Si/c1-24-30(28-17-18-29-27(22-28)16-11-19-35-29)34(39)38-33(37(24)23-40-20-21-41(2,3)4)31(25-12-7-5-8-13-25)32(36-38)26-14-9-6-10-15-26/h6,9-12,14-19,22H,5,7-8,13,20-21,23H2,1-4H3. The minimum Gasteiger partial charge on any atom is -0.361 e. The summed E-state index contributed by atoms with van der Waals surface area (Å²) in [5, 5.41) is 6.06. The molecule has 0 unspecified atom stereocenters. The van der Waals surface area contributed by atoms with Gasteiger partial charge in [-0.05, 0) is 68.0 Å². The van der Waals surface area contributed by atoms with E-state index in [0.717, 1.165) is 69.9 Å². The van der Waals surface area contributed by atoms with E-state index in [1.807, 2.05) is 49.4 Å². The van der Waals surface area contributed by atoms with Crippen molar-refractivity contribution in [3.05, 3.63) is 94.5 Å². The smallest absolute Gasteiger partial charge is 0.282 e. The van der Waals surface area contributed by atoms with Crippen LogP contribution in [0, 0.1) is 6.92 Å². The van der Waals surface area contributed by atoms with E-state index in [-0.39, 0.29) is 5.56 Å². The number of allylic oxidation sites excluding steroid dienone is 2. The monoisotopic (exact) mass is 562 g/mol. The maximum atomic E-state index is 14.4. The Morgan fingerprint density at radius 2 is 1.78 bits per heavy atom. The van der Waals surface area contributed by atoms with Crippen LogP contribution in [0.3, 0.4) is 0 Å². The van der Waals surface area contributed by atoms with Crippen LogP contribution in [0.2, 0.25) is 25.7 Å². The van der Waals surface area contributed by atoms with Gasteiger partial charge in [-0.3, -0.25) is 9.78 Å². The summed E-state index contributed by atoms with van der Waals surface area (Å²) < 4.78 is 10.2. The second kappa shape index (κ2) is 11.2. The summed E-state index contributed by atoms with van der Waals surface area (Å²) in [5.41, 5.74) is 8.19. The number of rotatable bonds is 8. The Morgan fingerprint density at radius 1 is 0.951 bits per heavy atom. The molecule has 210 valence electrons. The molecule has 0 aliphatic heterocycles. The number of fused-ring (bicyclic) bond motifs is 2. The van der Waals surface area contributed by atoms with Crippen molar-refractivity contribution >= 4 is 30.2 Å². The molecule has 7 heteroatoms. The topological polar surface area (TPSA) is 61.4 Å². The maximum absolute atomic E-state index is 14.4. The van der Waals surface area contributed by atoms with E-state index >= 15 is 0 Å². The van der Waals surface area contributed by atoms with Gasteiger partial charge in [0.25, 0.3) is 5.56 Å². The molecule has 2 aromatic carbocycles. The Labute approximate surface area is 242 Å². The molecule has 0 radical (unpaired) electrons. The quantitative estimate of drug-likeness (QED) is 0.142. The van der Waals surface area contributed by atoms with Gasteiger partial charge in [-0.15, -0.1) is 0 Å². The summed E-state index contributed by atoms with van der Waals surface area (Å²) in [6.07, 6.45) is 8.48. The summed E-state index contributed by atoms with van der Waals surface area (Å²) in [6, 6.07) is 21.3. The molecule has 0 saturated heterocycles. The second-order valence-electron chi connectivity index (χ2n) is 12.3. The molecule has 1 aliphatic carbocycles. The zero-order valence-electron chi connectivity index (χ0n) is 24.5. The van der Waals surface area contributed by atoms with E-state index in [1.54, 1.807) is 10.7 Å². The SMILES string of the molecule is Cc1c(-c2ccc3ncccc3c2)c(=O)n2nc(-c3ccccc3)c(C3=CCCCC3)c2n1COCC[Si](C)(C)C. The van der Waals surface area contributed by atoms with Crippen LogP contribution in [0.5, 0.6) is 0 Å². The zero-order chi connectivity index (χ0) is 28.6. The van der Waals surface area contributed by atoms with Crippen molar-refractivity contribution in [3.63, 3.8) is 0 Å². The molecule has 6 nitrogen and oxygen atoms in total. The summed E-state index contributed by atoms with van der Waals surface area (Å²) in [7, 11) is -1.26.